The molecule has 2 nitrogen and oxygen atoms in total. The zero-order valence-electron chi connectivity index (χ0n) is 11.2. The maximum Gasteiger partial charge on any atom is 0.0449 e. The van der Waals surface area contributed by atoms with Crippen LogP contribution in [0.15, 0.2) is 29.2 Å². The Morgan fingerprint density at radius 2 is 1.76 bits per heavy atom. The van der Waals surface area contributed by atoms with Crippen molar-refractivity contribution in [1.29, 1.82) is 0 Å². The van der Waals surface area contributed by atoms with Crippen LogP contribution < -0.4 is 0 Å². The topological polar surface area (TPSA) is 23.5 Å². The Balaban J connectivity index is 2.77. The average Bonchev–Trinajstić information content (AvgIpc) is 2.26. The van der Waals surface area contributed by atoms with E-state index >= 15 is 0 Å². The Morgan fingerprint density at radius 3 is 2.18 bits per heavy atom. The summed E-state index contributed by atoms with van der Waals surface area (Å²) < 4.78 is 0. The van der Waals surface area contributed by atoms with Crippen molar-refractivity contribution in [2.45, 2.75) is 36.5 Å². The summed E-state index contributed by atoms with van der Waals surface area (Å²) in [5, 5.41) is 9.70. The standard InChI is InChI=1S/C14H23NOS/c1-11(2)17-13-7-5-12(6-8-13)14(9-10-16)15(3)4/h5-8,11,14,16H,9-10H2,1-4H3. The molecule has 0 saturated heterocycles. The van der Waals surface area contributed by atoms with Gasteiger partial charge >= 0.3 is 0 Å². The highest BCUT2D eigenvalue weighted by molar-refractivity contribution is 7.99. The Morgan fingerprint density at radius 1 is 1.18 bits per heavy atom. The molecule has 0 aliphatic carbocycles. The SMILES string of the molecule is CC(C)Sc1ccc(C(CCO)N(C)C)cc1. The minimum atomic E-state index is 0.228. The number of aliphatic hydroxyl groups is 1. The van der Waals surface area contributed by atoms with Crippen molar-refractivity contribution in [3.63, 3.8) is 0 Å². The molecule has 1 N–H and O–H groups in total. The lowest BCUT2D eigenvalue weighted by Gasteiger charge is -2.24. The second kappa shape index (κ2) is 7.04. The van der Waals surface area contributed by atoms with Gasteiger partial charge in [-0.25, -0.2) is 0 Å². The molecule has 3 heteroatoms. The molecule has 0 spiro atoms. The van der Waals surface area contributed by atoms with E-state index in [1.807, 2.05) is 11.8 Å². The summed E-state index contributed by atoms with van der Waals surface area (Å²) in [5.74, 6) is 0. The molecule has 0 aliphatic rings. The first-order valence-electron chi connectivity index (χ1n) is 6.08. The molecule has 0 bridgehead atoms. The quantitative estimate of drug-likeness (QED) is 0.788. The van der Waals surface area contributed by atoms with Crippen LogP contribution in [0.25, 0.3) is 0 Å². The van der Waals surface area contributed by atoms with Crippen LogP contribution in [-0.4, -0.2) is 36.0 Å². The van der Waals surface area contributed by atoms with Crippen molar-refractivity contribution in [2.75, 3.05) is 20.7 Å². The molecule has 1 aromatic carbocycles. The fraction of sp³-hybridized carbons (Fsp3) is 0.571. The van der Waals surface area contributed by atoms with Gasteiger partial charge < -0.3 is 10.0 Å². The minimum Gasteiger partial charge on any atom is -0.396 e. The van der Waals surface area contributed by atoms with Crippen LogP contribution in [0.1, 0.15) is 31.9 Å². The lowest BCUT2D eigenvalue weighted by atomic mass is 10.0. The van der Waals surface area contributed by atoms with Crippen molar-refractivity contribution in [1.82, 2.24) is 4.90 Å². The zero-order chi connectivity index (χ0) is 12.8. The van der Waals surface area contributed by atoms with E-state index in [0.717, 1.165) is 6.42 Å². The van der Waals surface area contributed by atoms with Crippen molar-refractivity contribution < 1.29 is 5.11 Å². The van der Waals surface area contributed by atoms with Crippen molar-refractivity contribution in [3.8, 4) is 0 Å². The van der Waals surface area contributed by atoms with Gasteiger partial charge in [0.2, 0.25) is 0 Å². The Kier molecular flexibility index (Phi) is 6.03. The third-order valence-electron chi connectivity index (χ3n) is 2.66. The summed E-state index contributed by atoms with van der Waals surface area (Å²) in [7, 11) is 4.11. The van der Waals surface area contributed by atoms with Gasteiger partial charge in [0.05, 0.1) is 0 Å². The predicted molar refractivity (Wildman–Crippen MR) is 75.6 cm³/mol. The Labute approximate surface area is 109 Å². The van der Waals surface area contributed by atoms with Crippen LogP contribution in [0.4, 0.5) is 0 Å². The summed E-state index contributed by atoms with van der Waals surface area (Å²) in [6.45, 7) is 4.63. The van der Waals surface area contributed by atoms with E-state index in [2.05, 4.69) is 57.1 Å². The van der Waals surface area contributed by atoms with Crippen LogP contribution in [0.5, 0.6) is 0 Å². The van der Waals surface area contributed by atoms with Gasteiger partial charge in [0, 0.05) is 22.8 Å². The average molecular weight is 253 g/mol. The molecule has 0 saturated carbocycles. The Hall–Kier alpha value is -0.510. The number of benzene rings is 1. The minimum absolute atomic E-state index is 0.228. The first-order chi connectivity index (χ1) is 8.04. The largest absolute Gasteiger partial charge is 0.396 e. The van der Waals surface area contributed by atoms with E-state index < -0.39 is 0 Å². The van der Waals surface area contributed by atoms with Crippen molar-refractivity contribution >= 4 is 11.8 Å². The first-order valence-corrected chi connectivity index (χ1v) is 6.96. The van der Waals surface area contributed by atoms with Crippen LogP contribution in [0.3, 0.4) is 0 Å². The van der Waals surface area contributed by atoms with Gasteiger partial charge in [-0.1, -0.05) is 26.0 Å². The molecule has 96 valence electrons. The van der Waals surface area contributed by atoms with E-state index in [9.17, 15) is 0 Å². The first kappa shape index (κ1) is 14.6. The second-order valence-electron chi connectivity index (χ2n) is 4.73. The van der Waals surface area contributed by atoms with E-state index in [1.165, 1.54) is 10.5 Å². The van der Waals surface area contributed by atoms with Crippen molar-refractivity contribution in [2.24, 2.45) is 0 Å². The maximum atomic E-state index is 9.09. The summed E-state index contributed by atoms with van der Waals surface area (Å²) >= 11 is 1.88. The number of rotatable bonds is 6. The molecule has 1 unspecified atom stereocenters. The molecule has 0 heterocycles. The molecule has 17 heavy (non-hydrogen) atoms. The highest BCUT2D eigenvalue weighted by atomic mass is 32.2. The number of aliphatic hydroxyl groups excluding tert-OH is 1. The van der Waals surface area contributed by atoms with Crippen LogP contribution >= 0.6 is 11.8 Å². The summed E-state index contributed by atoms with van der Waals surface area (Å²) in [4.78, 5) is 3.46. The zero-order valence-corrected chi connectivity index (χ0v) is 12.0. The highest BCUT2D eigenvalue weighted by Crippen LogP contribution is 2.27. The number of thioether (sulfide) groups is 1. The van der Waals surface area contributed by atoms with Gasteiger partial charge in [-0.15, -0.1) is 11.8 Å². The van der Waals surface area contributed by atoms with Crippen molar-refractivity contribution in [3.05, 3.63) is 29.8 Å². The predicted octanol–water partition coefficient (Wildman–Crippen LogP) is 3.17. The molecule has 0 aromatic heterocycles. The fourth-order valence-electron chi connectivity index (χ4n) is 1.89. The molecule has 0 fully saturated rings. The lowest BCUT2D eigenvalue weighted by molar-refractivity contribution is 0.211. The van der Waals surface area contributed by atoms with E-state index in [4.69, 9.17) is 5.11 Å². The van der Waals surface area contributed by atoms with Gasteiger partial charge in [0.1, 0.15) is 0 Å². The van der Waals surface area contributed by atoms with Crippen LogP contribution in [-0.2, 0) is 0 Å². The number of hydrogen-bond acceptors (Lipinski definition) is 3. The van der Waals surface area contributed by atoms with Gasteiger partial charge in [-0.2, -0.15) is 0 Å². The van der Waals surface area contributed by atoms with Gasteiger partial charge in [-0.05, 0) is 38.2 Å². The highest BCUT2D eigenvalue weighted by Gasteiger charge is 2.13. The summed E-state index contributed by atoms with van der Waals surface area (Å²) in [5.41, 5.74) is 1.28. The summed E-state index contributed by atoms with van der Waals surface area (Å²) in [6.07, 6.45) is 0.781. The fourth-order valence-corrected chi connectivity index (χ4v) is 2.72. The molecule has 0 amide bonds. The second-order valence-corrected chi connectivity index (χ2v) is 6.38. The number of hydrogen-bond donors (Lipinski definition) is 1. The maximum absolute atomic E-state index is 9.09. The molecular formula is C14H23NOS. The van der Waals surface area contributed by atoms with E-state index in [1.54, 1.807) is 0 Å². The monoisotopic (exact) mass is 253 g/mol. The van der Waals surface area contributed by atoms with Gasteiger partial charge in [-0.3, -0.25) is 0 Å². The molecule has 1 rings (SSSR count). The summed E-state index contributed by atoms with van der Waals surface area (Å²) in [6, 6.07) is 9.00. The third-order valence-corrected chi connectivity index (χ3v) is 3.68. The van der Waals surface area contributed by atoms with E-state index in [0.29, 0.717) is 11.3 Å². The van der Waals surface area contributed by atoms with E-state index in [-0.39, 0.29) is 6.61 Å². The Bertz CT molecular complexity index is 321. The molecule has 0 radical (unpaired) electrons. The molecule has 0 aliphatic heterocycles. The van der Waals surface area contributed by atoms with Gasteiger partial charge in [0.15, 0.2) is 0 Å². The third kappa shape index (κ3) is 4.70. The molecular weight excluding hydrogens is 230 g/mol. The smallest absolute Gasteiger partial charge is 0.0449 e. The molecule has 1 atom stereocenters. The van der Waals surface area contributed by atoms with Gasteiger partial charge in [0.25, 0.3) is 0 Å². The van der Waals surface area contributed by atoms with Crippen LogP contribution in [0, 0.1) is 0 Å². The normalized spacial score (nSPS) is 13.4. The number of nitrogens with zero attached hydrogens (tertiary/aromatic N) is 1. The molecule has 1 aromatic rings. The lowest BCUT2D eigenvalue weighted by Crippen LogP contribution is -2.20. The van der Waals surface area contributed by atoms with Crippen LogP contribution in [0.2, 0.25) is 0 Å².